The third kappa shape index (κ3) is 5.52. The summed E-state index contributed by atoms with van der Waals surface area (Å²) in [5.41, 5.74) is 15.0. The van der Waals surface area contributed by atoms with Crippen molar-refractivity contribution in [2.45, 2.75) is 25.4 Å². The van der Waals surface area contributed by atoms with Gasteiger partial charge in [-0.15, -0.1) is 0 Å². The average Bonchev–Trinajstić information content (AvgIpc) is 3.76. The Kier molecular flexibility index (Phi) is 7.18. The van der Waals surface area contributed by atoms with Crippen molar-refractivity contribution in [3.05, 3.63) is 84.3 Å². The summed E-state index contributed by atoms with van der Waals surface area (Å²) in [6.07, 6.45) is 11.7. The fraction of sp³-hybridized carbons (Fsp3) is 0.273. The van der Waals surface area contributed by atoms with Gasteiger partial charge in [-0.25, -0.2) is 9.37 Å². The Morgan fingerprint density at radius 2 is 1.72 bits per heavy atom. The second kappa shape index (κ2) is 11.3. The van der Waals surface area contributed by atoms with Gasteiger partial charge >= 0.3 is 0 Å². The Bertz CT molecular complexity index is 1920. The minimum atomic E-state index is -0.328. The van der Waals surface area contributed by atoms with Gasteiger partial charge in [-0.05, 0) is 93.1 Å². The van der Waals surface area contributed by atoms with Crippen molar-refractivity contribution in [3.8, 4) is 33.6 Å². The lowest BCUT2D eigenvalue weighted by Gasteiger charge is -2.18. The molecular formula is C33H34FN9. The monoisotopic (exact) mass is 575 g/mol. The molecule has 1 unspecified atom stereocenters. The van der Waals surface area contributed by atoms with Crippen LogP contribution in [0.25, 0.3) is 55.6 Å². The smallest absolute Gasteiger partial charge is 0.155 e. The van der Waals surface area contributed by atoms with Crippen LogP contribution in [0.15, 0.2) is 67.4 Å². The Morgan fingerprint density at radius 3 is 2.56 bits per heavy atom. The molecule has 0 saturated carbocycles. The molecule has 1 fully saturated rings. The summed E-state index contributed by atoms with van der Waals surface area (Å²) in [5, 5.41) is 9.51. The van der Waals surface area contributed by atoms with Crippen LogP contribution in [0.4, 0.5) is 4.39 Å². The number of likely N-dealkylation sites (tertiary alicyclic amines) is 1. The number of hydrogen-bond donors (Lipinski definition) is 3. The molecule has 1 atom stereocenters. The second-order valence-corrected chi connectivity index (χ2v) is 11.7. The predicted molar refractivity (Wildman–Crippen MR) is 168 cm³/mol. The Labute approximate surface area is 249 Å². The first-order chi connectivity index (χ1) is 20.9. The zero-order valence-corrected chi connectivity index (χ0v) is 24.3. The first kappa shape index (κ1) is 27.3. The maximum atomic E-state index is 14.8. The SMILES string of the molecule is CN(C)CC(N)c1cc(F)cc(-c2cncc3[nH]c(-c4n[nH]c5ncc(-c6cncc(CN7CCCC7)c6)cc45)cc23)c1. The topological polar surface area (TPSA) is 116 Å². The van der Waals surface area contributed by atoms with Gasteiger partial charge in [-0.1, -0.05) is 0 Å². The molecule has 0 bridgehead atoms. The van der Waals surface area contributed by atoms with Gasteiger partial charge < -0.3 is 15.6 Å². The van der Waals surface area contributed by atoms with E-state index in [1.165, 1.54) is 30.5 Å². The highest BCUT2D eigenvalue weighted by atomic mass is 19.1. The molecule has 1 aliphatic heterocycles. The number of likely N-dealkylation sites (N-methyl/N-ethyl adjacent to an activating group) is 1. The van der Waals surface area contributed by atoms with Crippen molar-refractivity contribution in [2.24, 2.45) is 5.73 Å². The van der Waals surface area contributed by atoms with Crippen LogP contribution in [0.5, 0.6) is 0 Å². The van der Waals surface area contributed by atoms with Gasteiger partial charge in [0.1, 0.15) is 11.5 Å². The molecule has 1 saturated heterocycles. The van der Waals surface area contributed by atoms with Gasteiger partial charge in [0.15, 0.2) is 5.65 Å². The molecule has 4 N–H and O–H groups in total. The number of rotatable bonds is 8. The Morgan fingerprint density at radius 1 is 0.907 bits per heavy atom. The van der Waals surface area contributed by atoms with Crippen LogP contribution in [0.1, 0.15) is 30.0 Å². The lowest BCUT2D eigenvalue weighted by atomic mass is 9.98. The van der Waals surface area contributed by atoms with Crippen molar-refractivity contribution < 1.29 is 4.39 Å². The molecule has 43 heavy (non-hydrogen) atoms. The fourth-order valence-corrected chi connectivity index (χ4v) is 6.09. The Balaban J connectivity index is 1.25. The Hall–Kier alpha value is -4.51. The van der Waals surface area contributed by atoms with Crippen LogP contribution in [-0.2, 0) is 6.54 Å². The first-order valence-corrected chi connectivity index (χ1v) is 14.6. The summed E-state index contributed by atoms with van der Waals surface area (Å²) >= 11 is 0. The minimum absolute atomic E-state index is 0.313. The molecule has 6 aromatic rings. The lowest BCUT2D eigenvalue weighted by molar-refractivity contribution is 0.331. The summed E-state index contributed by atoms with van der Waals surface area (Å²) in [6.45, 7) is 3.80. The third-order valence-electron chi connectivity index (χ3n) is 8.17. The van der Waals surface area contributed by atoms with E-state index < -0.39 is 0 Å². The predicted octanol–water partition coefficient (Wildman–Crippen LogP) is 5.53. The molecule has 10 heteroatoms. The van der Waals surface area contributed by atoms with Crippen molar-refractivity contribution in [1.29, 1.82) is 0 Å². The molecule has 7 rings (SSSR count). The molecule has 0 spiro atoms. The summed E-state index contributed by atoms with van der Waals surface area (Å²) in [5.74, 6) is -0.328. The standard InChI is InChI=1S/C33H34FN9/c1-42(2)19-29(35)22-8-21(9-25(34)10-22)28-16-37-17-31-26(28)12-30(39-31)32-27-11-24(15-38-33(27)41-40-32)23-7-20(13-36-14-23)18-43-5-3-4-6-43/h7-17,29,39H,3-6,18-19,35H2,1-2H3,(H,38,40,41). The lowest BCUT2D eigenvalue weighted by Crippen LogP contribution is -2.26. The molecule has 1 aliphatic rings. The van der Waals surface area contributed by atoms with Gasteiger partial charge in [0.2, 0.25) is 0 Å². The van der Waals surface area contributed by atoms with Gasteiger partial charge in [0, 0.05) is 71.4 Å². The molecule has 5 aromatic heterocycles. The highest BCUT2D eigenvalue weighted by Crippen LogP contribution is 2.35. The highest BCUT2D eigenvalue weighted by molar-refractivity contribution is 6.00. The largest absolute Gasteiger partial charge is 0.352 e. The van der Waals surface area contributed by atoms with E-state index in [0.717, 1.165) is 75.1 Å². The fourth-order valence-electron chi connectivity index (χ4n) is 6.09. The molecule has 0 aliphatic carbocycles. The maximum Gasteiger partial charge on any atom is 0.155 e. The second-order valence-electron chi connectivity index (χ2n) is 11.7. The molecule has 0 amide bonds. The number of H-pyrrole nitrogens is 2. The van der Waals surface area contributed by atoms with Crippen molar-refractivity contribution in [3.63, 3.8) is 0 Å². The number of hydrogen-bond acceptors (Lipinski definition) is 7. The third-order valence-corrected chi connectivity index (χ3v) is 8.17. The van der Waals surface area contributed by atoms with Crippen LogP contribution in [0.3, 0.4) is 0 Å². The molecule has 6 heterocycles. The van der Waals surface area contributed by atoms with Crippen LogP contribution in [-0.4, -0.2) is 73.7 Å². The number of nitrogens with one attached hydrogen (secondary N) is 2. The molecule has 9 nitrogen and oxygen atoms in total. The number of halogens is 1. The minimum Gasteiger partial charge on any atom is -0.352 e. The quantitative estimate of drug-likeness (QED) is 0.219. The van der Waals surface area contributed by atoms with Crippen LogP contribution >= 0.6 is 0 Å². The van der Waals surface area contributed by atoms with Gasteiger partial charge in [0.25, 0.3) is 0 Å². The number of nitrogens with two attached hydrogens (primary N) is 1. The normalized spacial score (nSPS) is 14.8. The van der Waals surface area contributed by atoms with Gasteiger partial charge in [-0.3, -0.25) is 20.0 Å². The summed E-state index contributed by atoms with van der Waals surface area (Å²) in [7, 11) is 3.90. The molecule has 218 valence electrons. The maximum absolute atomic E-state index is 14.8. The van der Waals surface area contributed by atoms with E-state index in [2.05, 4.69) is 47.2 Å². The molecule has 1 aromatic carbocycles. The van der Waals surface area contributed by atoms with Gasteiger partial charge in [-0.2, -0.15) is 5.10 Å². The average molecular weight is 576 g/mol. The van der Waals surface area contributed by atoms with E-state index in [0.29, 0.717) is 12.2 Å². The van der Waals surface area contributed by atoms with E-state index >= 15 is 0 Å². The van der Waals surface area contributed by atoms with Gasteiger partial charge in [0.05, 0.1) is 17.4 Å². The zero-order valence-electron chi connectivity index (χ0n) is 24.3. The van der Waals surface area contributed by atoms with Crippen molar-refractivity contribution >= 4 is 21.9 Å². The van der Waals surface area contributed by atoms with Crippen LogP contribution < -0.4 is 5.73 Å². The number of aromatic amines is 2. The van der Waals surface area contributed by atoms with E-state index in [1.54, 1.807) is 12.4 Å². The molecular weight excluding hydrogens is 541 g/mol. The van der Waals surface area contributed by atoms with Crippen LogP contribution in [0.2, 0.25) is 0 Å². The van der Waals surface area contributed by atoms with E-state index in [4.69, 9.17) is 5.73 Å². The zero-order chi connectivity index (χ0) is 29.5. The first-order valence-electron chi connectivity index (χ1n) is 14.6. The summed E-state index contributed by atoms with van der Waals surface area (Å²) in [6, 6.07) is 11.0. The number of benzene rings is 1. The molecule has 0 radical (unpaired) electrons. The number of aromatic nitrogens is 6. The number of pyridine rings is 3. The number of nitrogens with zero attached hydrogens (tertiary/aromatic N) is 6. The summed E-state index contributed by atoms with van der Waals surface area (Å²) in [4.78, 5) is 21.6. The highest BCUT2D eigenvalue weighted by Gasteiger charge is 2.18. The number of fused-ring (bicyclic) bond motifs is 2. The summed E-state index contributed by atoms with van der Waals surface area (Å²) < 4.78 is 14.8. The van der Waals surface area contributed by atoms with E-state index in [1.807, 2.05) is 49.7 Å². The van der Waals surface area contributed by atoms with Crippen molar-refractivity contribution in [1.82, 2.24) is 39.9 Å². The van der Waals surface area contributed by atoms with Crippen LogP contribution in [0, 0.1) is 5.82 Å². The van der Waals surface area contributed by atoms with E-state index in [-0.39, 0.29) is 11.9 Å². The van der Waals surface area contributed by atoms with E-state index in [9.17, 15) is 4.39 Å². The van der Waals surface area contributed by atoms with Crippen molar-refractivity contribution in [2.75, 3.05) is 33.7 Å².